The molecule has 0 aliphatic carbocycles. The van der Waals surface area contributed by atoms with Gasteiger partial charge in [-0.15, -0.1) is 0 Å². The molecule has 0 saturated carbocycles. The van der Waals surface area contributed by atoms with Gasteiger partial charge < -0.3 is 19.3 Å². The molecule has 2 aliphatic heterocycles. The topological polar surface area (TPSA) is 99.1 Å². The Morgan fingerprint density at radius 2 is 1.82 bits per heavy atom. The van der Waals surface area contributed by atoms with Gasteiger partial charge in [0.1, 0.15) is 28.6 Å². The first-order valence-electron chi connectivity index (χ1n) is 13.5. The first kappa shape index (κ1) is 27.4. The van der Waals surface area contributed by atoms with Gasteiger partial charge in [-0.2, -0.15) is 0 Å². The summed E-state index contributed by atoms with van der Waals surface area (Å²) in [5.41, 5.74) is 1.66. The number of phenols is 1. The van der Waals surface area contributed by atoms with Gasteiger partial charge in [0.05, 0.1) is 19.1 Å². The van der Waals surface area contributed by atoms with Crippen LogP contribution in [0.15, 0.2) is 36.4 Å². The van der Waals surface area contributed by atoms with Gasteiger partial charge in [-0.1, -0.05) is 38.1 Å². The summed E-state index contributed by atoms with van der Waals surface area (Å²) in [6.45, 7) is 6.52. The summed E-state index contributed by atoms with van der Waals surface area (Å²) in [7, 11) is 0. The van der Waals surface area contributed by atoms with Crippen LogP contribution in [0, 0.1) is 5.92 Å². The molecular formula is C31H36O7. The number of Topliss-reactive ketones (excluding diaryl/α,β-unsaturated/α-hetero) is 1. The molecule has 2 aromatic carbocycles. The van der Waals surface area contributed by atoms with Crippen LogP contribution >= 0.6 is 0 Å². The SMILES string of the molecule is CC(C)COc1ccc(C2CC(=O)Oc3cc4c(c(O)c32)C(=O)O[C@@H](C)CCCC(=O)CCC/C=C/4)cc1. The third-order valence-corrected chi connectivity index (χ3v) is 6.84. The van der Waals surface area contributed by atoms with Gasteiger partial charge in [-0.3, -0.25) is 9.59 Å². The number of hydrogen-bond donors (Lipinski definition) is 1. The number of carbonyl (C=O) groups excluding carboxylic acids is 3. The van der Waals surface area contributed by atoms with Crippen molar-refractivity contribution in [2.45, 2.75) is 77.7 Å². The minimum Gasteiger partial charge on any atom is -0.507 e. The fraction of sp³-hybridized carbons (Fsp3) is 0.452. The second-order valence-corrected chi connectivity index (χ2v) is 10.5. The molecule has 0 radical (unpaired) electrons. The van der Waals surface area contributed by atoms with Gasteiger partial charge in [-0.25, -0.2) is 4.79 Å². The number of ketones is 1. The Bertz CT molecular complexity index is 1210. The summed E-state index contributed by atoms with van der Waals surface area (Å²) in [6.07, 6.45) is 6.70. The zero-order valence-electron chi connectivity index (χ0n) is 22.3. The van der Waals surface area contributed by atoms with Crippen LogP contribution in [0.2, 0.25) is 0 Å². The van der Waals surface area contributed by atoms with Crippen molar-refractivity contribution in [1.29, 1.82) is 0 Å². The number of cyclic esters (lactones) is 1. The zero-order chi connectivity index (χ0) is 27.2. The fourth-order valence-electron chi connectivity index (χ4n) is 4.86. The van der Waals surface area contributed by atoms with E-state index in [1.165, 1.54) is 0 Å². The average molecular weight is 521 g/mol. The van der Waals surface area contributed by atoms with E-state index in [2.05, 4.69) is 13.8 Å². The van der Waals surface area contributed by atoms with E-state index in [1.54, 1.807) is 19.1 Å². The molecular weight excluding hydrogens is 484 g/mol. The van der Waals surface area contributed by atoms with E-state index >= 15 is 0 Å². The number of carbonyl (C=O) groups is 3. The van der Waals surface area contributed by atoms with Crippen LogP contribution in [-0.2, 0) is 14.3 Å². The third-order valence-electron chi connectivity index (χ3n) is 6.84. The van der Waals surface area contributed by atoms with Crippen molar-refractivity contribution < 1.29 is 33.7 Å². The number of allylic oxidation sites excluding steroid dienone is 1. The molecule has 202 valence electrons. The van der Waals surface area contributed by atoms with Crippen molar-refractivity contribution in [1.82, 2.24) is 0 Å². The normalized spacial score (nSPS) is 21.5. The van der Waals surface area contributed by atoms with Crippen LogP contribution in [0.1, 0.15) is 98.7 Å². The van der Waals surface area contributed by atoms with Gasteiger partial charge >= 0.3 is 11.9 Å². The Balaban J connectivity index is 1.73. The minimum atomic E-state index is -0.645. The molecule has 1 N–H and O–H groups in total. The van der Waals surface area contributed by atoms with Crippen LogP contribution in [0.4, 0.5) is 0 Å². The molecule has 0 aromatic heterocycles. The zero-order valence-corrected chi connectivity index (χ0v) is 22.3. The number of esters is 2. The van der Waals surface area contributed by atoms with Crippen LogP contribution in [-0.4, -0.2) is 35.5 Å². The number of benzene rings is 2. The standard InChI is InChI=1S/C31H36O7/c1-19(2)18-36-24-14-12-21(13-15-24)25-17-27(33)38-26-16-22-9-5-4-6-10-23(32)11-7-8-20(3)37-31(35)28(22)30(34)29(25)26/h5,9,12-16,19-20,25,34H,4,6-8,10-11,17-18H2,1-3H3/b9-5+/t20-,25?/m0/s1. The van der Waals surface area contributed by atoms with Crippen LogP contribution < -0.4 is 9.47 Å². The first-order valence-corrected chi connectivity index (χ1v) is 13.5. The lowest BCUT2D eigenvalue weighted by Crippen LogP contribution is -2.23. The van der Waals surface area contributed by atoms with Crippen molar-refractivity contribution in [3.05, 3.63) is 58.7 Å². The fourth-order valence-corrected chi connectivity index (χ4v) is 4.86. The van der Waals surface area contributed by atoms with E-state index in [0.717, 1.165) is 11.3 Å². The minimum absolute atomic E-state index is 0.0286. The second-order valence-electron chi connectivity index (χ2n) is 10.5. The van der Waals surface area contributed by atoms with E-state index in [-0.39, 0.29) is 29.3 Å². The van der Waals surface area contributed by atoms with E-state index in [9.17, 15) is 19.5 Å². The van der Waals surface area contributed by atoms with Crippen molar-refractivity contribution in [2.24, 2.45) is 5.92 Å². The van der Waals surface area contributed by atoms with E-state index < -0.39 is 24.0 Å². The molecule has 7 heteroatoms. The lowest BCUT2D eigenvalue weighted by molar-refractivity contribution is -0.135. The van der Waals surface area contributed by atoms with Gasteiger partial charge in [0, 0.05) is 24.3 Å². The summed E-state index contributed by atoms with van der Waals surface area (Å²) in [5.74, 6) is -0.248. The van der Waals surface area contributed by atoms with Crippen LogP contribution in [0.3, 0.4) is 0 Å². The predicted molar refractivity (Wildman–Crippen MR) is 144 cm³/mol. The Kier molecular flexibility index (Phi) is 8.87. The monoisotopic (exact) mass is 520 g/mol. The van der Waals surface area contributed by atoms with E-state index in [1.807, 2.05) is 30.3 Å². The number of phenolic OH excluding ortho intramolecular Hbond substituents is 1. The first-order chi connectivity index (χ1) is 18.2. The molecule has 2 atom stereocenters. The van der Waals surface area contributed by atoms with Crippen molar-refractivity contribution in [3.8, 4) is 17.2 Å². The van der Waals surface area contributed by atoms with Crippen LogP contribution in [0.25, 0.3) is 6.08 Å². The maximum Gasteiger partial charge on any atom is 0.342 e. The van der Waals surface area contributed by atoms with Crippen molar-refractivity contribution in [3.63, 3.8) is 0 Å². The number of ether oxygens (including phenoxy) is 3. The number of hydrogen-bond acceptors (Lipinski definition) is 7. The molecule has 0 bridgehead atoms. The Labute approximate surface area is 223 Å². The summed E-state index contributed by atoms with van der Waals surface area (Å²) in [5, 5.41) is 11.5. The molecule has 0 amide bonds. The Hall–Kier alpha value is -3.61. The summed E-state index contributed by atoms with van der Waals surface area (Å²) in [4.78, 5) is 38.0. The smallest absolute Gasteiger partial charge is 0.342 e. The highest BCUT2D eigenvalue weighted by molar-refractivity contribution is 5.98. The van der Waals surface area contributed by atoms with E-state index in [0.29, 0.717) is 62.2 Å². The highest BCUT2D eigenvalue weighted by Gasteiger charge is 2.35. The number of fused-ring (bicyclic) bond motifs is 2. The third kappa shape index (κ3) is 6.63. The molecule has 1 unspecified atom stereocenters. The molecule has 0 spiro atoms. The van der Waals surface area contributed by atoms with E-state index in [4.69, 9.17) is 14.2 Å². The Morgan fingerprint density at radius 3 is 2.55 bits per heavy atom. The summed E-state index contributed by atoms with van der Waals surface area (Å²) in [6, 6.07) is 9.05. The average Bonchev–Trinajstić information content (AvgIpc) is 2.86. The molecule has 2 aromatic rings. The highest BCUT2D eigenvalue weighted by Crippen LogP contribution is 2.47. The molecule has 2 heterocycles. The summed E-state index contributed by atoms with van der Waals surface area (Å²) >= 11 is 0. The van der Waals surface area contributed by atoms with Gasteiger partial charge in [-0.05, 0) is 67.9 Å². The lowest BCUT2D eigenvalue weighted by Gasteiger charge is -2.28. The lowest BCUT2D eigenvalue weighted by atomic mass is 9.83. The second kappa shape index (κ2) is 12.3. The predicted octanol–water partition coefficient (Wildman–Crippen LogP) is 6.35. The van der Waals surface area contributed by atoms with Crippen LogP contribution in [0.5, 0.6) is 17.2 Å². The summed E-state index contributed by atoms with van der Waals surface area (Å²) < 4.78 is 17.0. The maximum absolute atomic E-state index is 13.3. The van der Waals surface area contributed by atoms with Gasteiger partial charge in [0.2, 0.25) is 0 Å². The molecule has 7 nitrogen and oxygen atoms in total. The molecule has 0 saturated heterocycles. The number of aromatic hydroxyl groups is 1. The molecule has 0 fully saturated rings. The van der Waals surface area contributed by atoms with Gasteiger partial charge in [0.25, 0.3) is 0 Å². The number of rotatable bonds is 4. The van der Waals surface area contributed by atoms with Crippen molar-refractivity contribution in [2.75, 3.05) is 6.61 Å². The molecule has 2 aliphatic rings. The molecule has 4 rings (SSSR count). The van der Waals surface area contributed by atoms with Gasteiger partial charge in [0.15, 0.2) is 0 Å². The maximum atomic E-state index is 13.3. The largest absolute Gasteiger partial charge is 0.507 e. The molecule has 38 heavy (non-hydrogen) atoms. The Morgan fingerprint density at radius 1 is 1.08 bits per heavy atom. The van der Waals surface area contributed by atoms with Crippen molar-refractivity contribution >= 4 is 23.8 Å². The quantitative estimate of drug-likeness (QED) is 0.370. The highest BCUT2D eigenvalue weighted by atomic mass is 16.5.